The summed E-state index contributed by atoms with van der Waals surface area (Å²) >= 11 is 0. The van der Waals surface area contributed by atoms with Crippen LogP contribution in [-0.2, 0) is 22.4 Å². The molecule has 0 saturated heterocycles. The number of benzene rings is 2. The maximum Gasteiger partial charge on any atom is 0.250 e. The summed E-state index contributed by atoms with van der Waals surface area (Å²) in [5.74, 6) is -2.06. The van der Waals surface area contributed by atoms with Gasteiger partial charge in [-0.2, -0.15) is 0 Å². The number of rotatable bonds is 12. The Hall–Kier alpha value is -2.88. The van der Waals surface area contributed by atoms with Gasteiger partial charge in [0, 0.05) is 31.6 Å². The van der Waals surface area contributed by atoms with E-state index in [0.29, 0.717) is 6.42 Å². The summed E-state index contributed by atoms with van der Waals surface area (Å²) in [6.45, 7) is 4.11. The van der Waals surface area contributed by atoms with Crippen LogP contribution in [0, 0.1) is 17.0 Å². The molecule has 0 aliphatic carbocycles. The molecule has 2 rings (SSSR count). The second kappa shape index (κ2) is 12.5. The molecule has 7 N–H and O–H groups in total. The normalized spacial score (nSPS) is 14.2. The Morgan fingerprint density at radius 1 is 1.00 bits per heavy atom. The number of hydrogen-bond acceptors (Lipinski definition) is 5. The molecule has 2 aromatic carbocycles. The van der Waals surface area contributed by atoms with Crippen molar-refractivity contribution >= 4 is 11.8 Å². The minimum atomic E-state index is -1.37. The first-order valence-electron chi connectivity index (χ1n) is 11.2. The van der Waals surface area contributed by atoms with E-state index in [-0.39, 0.29) is 37.4 Å². The Bertz CT molecular complexity index is 956. The minimum absolute atomic E-state index is 0.0254. The van der Waals surface area contributed by atoms with Gasteiger partial charge in [-0.15, -0.1) is 0 Å². The van der Waals surface area contributed by atoms with E-state index < -0.39 is 41.1 Å². The third kappa shape index (κ3) is 9.17. The molecule has 0 fully saturated rings. The molecule has 0 radical (unpaired) electrons. The van der Waals surface area contributed by atoms with Gasteiger partial charge in [0.2, 0.25) is 11.8 Å². The summed E-state index contributed by atoms with van der Waals surface area (Å²) in [5, 5.41) is 15.7. The van der Waals surface area contributed by atoms with Gasteiger partial charge in [0.1, 0.15) is 17.7 Å². The SMILES string of the molecule is CC(C)(CNC(=O)CC(N)Cc1cc(F)ccc1F)CNC(=O)C(O)C(N)Cc1ccccc1. The van der Waals surface area contributed by atoms with Crippen LogP contribution in [0.15, 0.2) is 48.5 Å². The monoisotopic (exact) mass is 476 g/mol. The lowest BCUT2D eigenvalue weighted by molar-refractivity contribution is -0.130. The first-order valence-corrected chi connectivity index (χ1v) is 11.2. The highest BCUT2D eigenvalue weighted by Crippen LogP contribution is 2.14. The van der Waals surface area contributed by atoms with Crippen LogP contribution < -0.4 is 22.1 Å². The molecule has 0 aromatic heterocycles. The Labute approximate surface area is 198 Å². The van der Waals surface area contributed by atoms with E-state index in [1.165, 1.54) is 0 Å². The molecule has 0 saturated carbocycles. The zero-order chi connectivity index (χ0) is 25.3. The summed E-state index contributed by atoms with van der Waals surface area (Å²) in [7, 11) is 0. The third-order valence-electron chi connectivity index (χ3n) is 5.43. The van der Waals surface area contributed by atoms with Crippen LogP contribution in [0.2, 0.25) is 0 Å². The summed E-state index contributed by atoms with van der Waals surface area (Å²) < 4.78 is 27.0. The highest BCUT2D eigenvalue weighted by atomic mass is 19.1. The Morgan fingerprint density at radius 2 is 1.65 bits per heavy atom. The Morgan fingerprint density at radius 3 is 2.32 bits per heavy atom. The second-order valence-electron chi connectivity index (χ2n) is 9.36. The number of halogens is 2. The molecular formula is C25H34F2N4O3. The zero-order valence-electron chi connectivity index (χ0n) is 19.6. The molecule has 0 aliphatic rings. The fourth-order valence-corrected chi connectivity index (χ4v) is 3.39. The van der Waals surface area contributed by atoms with Crippen molar-refractivity contribution in [2.75, 3.05) is 13.1 Å². The van der Waals surface area contributed by atoms with Crippen molar-refractivity contribution in [2.45, 2.75) is 51.3 Å². The van der Waals surface area contributed by atoms with Crippen LogP contribution in [-0.4, -0.2) is 48.2 Å². The van der Waals surface area contributed by atoms with Crippen LogP contribution in [0.5, 0.6) is 0 Å². The fourth-order valence-electron chi connectivity index (χ4n) is 3.39. The molecule has 2 amide bonds. The maximum absolute atomic E-state index is 13.8. The van der Waals surface area contributed by atoms with Gasteiger partial charge in [0.25, 0.3) is 0 Å². The summed E-state index contributed by atoms with van der Waals surface area (Å²) in [5.41, 5.74) is 12.4. The van der Waals surface area contributed by atoms with Gasteiger partial charge in [-0.3, -0.25) is 9.59 Å². The van der Waals surface area contributed by atoms with Crippen LogP contribution in [0.3, 0.4) is 0 Å². The molecular weight excluding hydrogens is 442 g/mol. The van der Waals surface area contributed by atoms with Crippen molar-refractivity contribution in [3.05, 3.63) is 71.3 Å². The first-order chi connectivity index (χ1) is 16.0. The van der Waals surface area contributed by atoms with Crippen LogP contribution in [0.1, 0.15) is 31.4 Å². The molecule has 3 unspecified atom stereocenters. The predicted molar refractivity (Wildman–Crippen MR) is 127 cm³/mol. The largest absolute Gasteiger partial charge is 0.382 e. The molecule has 2 aromatic rings. The third-order valence-corrected chi connectivity index (χ3v) is 5.43. The minimum Gasteiger partial charge on any atom is -0.382 e. The molecule has 0 aliphatic heterocycles. The van der Waals surface area contributed by atoms with Crippen molar-refractivity contribution < 1.29 is 23.5 Å². The van der Waals surface area contributed by atoms with Gasteiger partial charge in [0.05, 0.1) is 0 Å². The van der Waals surface area contributed by atoms with Crippen LogP contribution in [0.4, 0.5) is 8.78 Å². The number of aliphatic hydroxyl groups excluding tert-OH is 1. The van der Waals surface area contributed by atoms with Gasteiger partial charge in [-0.05, 0) is 47.6 Å². The lowest BCUT2D eigenvalue weighted by Crippen LogP contribution is -2.50. The number of hydrogen-bond donors (Lipinski definition) is 5. The predicted octanol–water partition coefficient (Wildman–Crippen LogP) is 1.41. The summed E-state index contributed by atoms with van der Waals surface area (Å²) in [6, 6.07) is 11.0. The average Bonchev–Trinajstić information content (AvgIpc) is 2.78. The molecule has 0 heterocycles. The highest BCUT2D eigenvalue weighted by molar-refractivity contribution is 5.81. The van der Waals surface area contributed by atoms with E-state index in [1.54, 1.807) is 0 Å². The zero-order valence-corrected chi connectivity index (χ0v) is 19.6. The van der Waals surface area contributed by atoms with Gasteiger partial charge >= 0.3 is 0 Å². The smallest absolute Gasteiger partial charge is 0.250 e. The van der Waals surface area contributed by atoms with E-state index in [9.17, 15) is 23.5 Å². The number of carbonyl (C=O) groups is 2. The number of amides is 2. The van der Waals surface area contributed by atoms with Gasteiger partial charge < -0.3 is 27.2 Å². The number of carbonyl (C=O) groups excluding carboxylic acids is 2. The van der Waals surface area contributed by atoms with Gasteiger partial charge in [0.15, 0.2) is 0 Å². The molecule has 34 heavy (non-hydrogen) atoms. The van der Waals surface area contributed by atoms with Crippen molar-refractivity contribution in [1.29, 1.82) is 0 Å². The average molecular weight is 477 g/mol. The lowest BCUT2D eigenvalue weighted by atomic mass is 9.92. The maximum atomic E-state index is 13.8. The van der Waals surface area contributed by atoms with E-state index in [1.807, 2.05) is 44.2 Å². The van der Waals surface area contributed by atoms with Crippen LogP contribution >= 0.6 is 0 Å². The quantitative estimate of drug-likeness (QED) is 0.316. The Kier molecular flexibility index (Phi) is 10.1. The van der Waals surface area contributed by atoms with Crippen molar-refractivity contribution in [1.82, 2.24) is 10.6 Å². The summed E-state index contributed by atoms with van der Waals surface area (Å²) in [4.78, 5) is 24.6. The molecule has 3 atom stereocenters. The molecule has 0 spiro atoms. The molecule has 0 bridgehead atoms. The highest BCUT2D eigenvalue weighted by Gasteiger charge is 2.26. The van der Waals surface area contributed by atoms with Crippen molar-refractivity contribution in [2.24, 2.45) is 16.9 Å². The van der Waals surface area contributed by atoms with E-state index in [4.69, 9.17) is 11.5 Å². The van der Waals surface area contributed by atoms with Gasteiger partial charge in [-0.1, -0.05) is 44.2 Å². The standard InChI is InChI=1S/C25H34F2N4O3/c1-25(2,15-31-24(34)23(33)21(29)10-16-6-4-3-5-7-16)14-30-22(32)13-19(28)12-17-11-18(26)8-9-20(17)27/h3-9,11,19,21,23,33H,10,12-15,28-29H2,1-2H3,(H,30,32)(H,31,34). The van der Waals surface area contributed by atoms with E-state index in [0.717, 1.165) is 23.8 Å². The topological polar surface area (TPSA) is 130 Å². The number of nitrogens with two attached hydrogens (primary N) is 2. The molecule has 186 valence electrons. The molecule has 9 heteroatoms. The van der Waals surface area contributed by atoms with Crippen molar-refractivity contribution in [3.8, 4) is 0 Å². The molecule has 7 nitrogen and oxygen atoms in total. The number of nitrogens with one attached hydrogen (secondary N) is 2. The fraction of sp³-hybridized carbons (Fsp3) is 0.440. The van der Waals surface area contributed by atoms with E-state index >= 15 is 0 Å². The second-order valence-corrected chi connectivity index (χ2v) is 9.36. The first kappa shape index (κ1) is 27.4. The van der Waals surface area contributed by atoms with E-state index in [2.05, 4.69) is 10.6 Å². The number of aliphatic hydroxyl groups is 1. The van der Waals surface area contributed by atoms with Crippen LogP contribution in [0.25, 0.3) is 0 Å². The van der Waals surface area contributed by atoms with Crippen molar-refractivity contribution in [3.63, 3.8) is 0 Å². The van der Waals surface area contributed by atoms with Gasteiger partial charge in [-0.25, -0.2) is 8.78 Å². The Balaban J connectivity index is 1.74. The lowest BCUT2D eigenvalue weighted by Gasteiger charge is -2.27. The summed E-state index contributed by atoms with van der Waals surface area (Å²) in [6.07, 6.45) is -1.05.